The van der Waals surface area contributed by atoms with E-state index in [2.05, 4.69) is 46.9 Å². The van der Waals surface area contributed by atoms with E-state index in [1.54, 1.807) is 7.11 Å². The highest BCUT2D eigenvalue weighted by molar-refractivity contribution is 9.10. The van der Waals surface area contributed by atoms with Gasteiger partial charge < -0.3 is 15.4 Å². The van der Waals surface area contributed by atoms with Crippen molar-refractivity contribution in [3.63, 3.8) is 0 Å². The van der Waals surface area contributed by atoms with Crippen LogP contribution in [0.5, 0.6) is 5.75 Å². The van der Waals surface area contributed by atoms with E-state index in [9.17, 15) is 0 Å². The molecule has 1 aromatic rings. The predicted molar refractivity (Wildman–Crippen MR) is 80.2 cm³/mol. The van der Waals surface area contributed by atoms with E-state index in [1.807, 2.05) is 6.07 Å². The van der Waals surface area contributed by atoms with Crippen LogP contribution in [-0.2, 0) is 6.42 Å². The normalized spacial score (nSPS) is 12.8. The number of nitrogens with two attached hydrogens (primary N) is 1. The number of ether oxygens (including phenoxy) is 1. The van der Waals surface area contributed by atoms with Gasteiger partial charge in [-0.05, 0) is 67.0 Å². The lowest BCUT2D eigenvalue weighted by Gasteiger charge is -2.18. The van der Waals surface area contributed by atoms with Gasteiger partial charge in [-0.2, -0.15) is 0 Å². The van der Waals surface area contributed by atoms with Crippen LogP contribution in [-0.4, -0.2) is 38.2 Å². The van der Waals surface area contributed by atoms with Crippen LogP contribution in [0, 0.1) is 0 Å². The molecule has 0 aliphatic carbocycles. The second-order valence-corrected chi connectivity index (χ2v) is 5.64. The third kappa shape index (κ3) is 5.38. The van der Waals surface area contributed by atoms with Crippen molar-refractivity contribution in [2.24, 2.45) is 5.73 Å². The standard InChI is InChI=1S/C14H23BrN2O/c1-11(16)6-8-17(2)9-7-12-4-5-14(18-3)13(15)10-12/h4-5,10-11H,6-9,16H2,1-3H3. The molecule has 0 fully saturated rings. The maximum Gasteiger partial charge on any atom is 0.133 e. The van der Waals surface area contributed by atoms with Crippen molar-refractivity contribution < 1.29 is 4.74 Å². The Hall–Kier alpha value is -0.580. The molecule has 1 aromatic carbocycles. The Balaban J connectivity index is 2.41. The largest absolute Gasteiger partial charge is 0.496 e. The highest BCUT2D eigenvalue weighted by atomic mass is 79.9. The van der Waals surface area contributed by atoms with Gasteiger partial charge in [0.05, 0.1) is 11.6 Å². The molecule has 3 nitrogen and oxygen atoms in total. The molecule has 0 aromatic heterocycles. The molecule has 0 radical (unpaired) electrons. The van der Waals surface area contributed by atoms with Crippen LogP contribution in [0.3, 0.4) is 0 Å². The molecule has 1 atom stereocenters. The van der Waals surface area contributed by atoms with Crippen molar-refractivity contribution in [3.8, 4) is 5.75 Å². The number of halogens is 1. The van der Waals surface area contributed by atoms with Crippen LogP contribution in [0.4, 0.5) is 0 Å². The molecule has 0 spiro atoms. The number of hydrogen-bond donors (Lipinski definition) is 1. The fourth-order valence-corrected chi connectivity index (χ4v) is 2.31. The maximum atomic E-state index is 5.75. The van der Waals surface area contributed by atoms with Crippen LogP contribution >= 0.6 is 15.9 Å². The SMILES string of the molecule is COc1ccc(CCN(C)CCC(C)N)cc1Br. The van der Waals surface area contributed by atoms with Gasteiger partial charge in [0, 0.05) is 12.6 Å². The minimum absolute atomic E-state index is 0.280. The lowest BCUT2D eigenvalue weighted by atomic mass is 10.1. The first-order valence-electron chi connectivity index (χ1n) is 6.29. The summed E-state index contributed by atoms with van der Waals surface area (Å²) < 4.78 is 6.23. The van der Waals surface area contributed by atoms with Gasteiger partial charge in [0.25, 0.3) is 0 Å². The van der Waals surface area contributed by atoms with Gasteiger partial charge in [-0.25, -0.2) is 0 Å². The van der Waals surface area contributed by atoms with Crippen LogP contribution in [0.25, 0.3) is 0 Å². The first-order chi connectivity index (χ1) is 8.52. The molecule has 1 unspecified atom stereocenters. The molecule has 18 heavy (non-hydrogen) atoms. The summed E-state index contributed by atoms with van der Waals surface area (Å²) in [5.74, 6) is 0.879. The van der Waals surface area contributed by atoms with Crippen molar-refractivity contribution in [2.45, 2.75) is 25.8 Å². The fourth-order valence-electron chi connectivity index (χ4n) is 1.72. The minimum atomic E-state index is 0.280. The van der Waals surface area contributed by atoms with Gasteiger partial charge in [-0.3, -0.25) is 0 Å². The summed E-state index contributed by atoms with van der Waals surface area (Å²) in [6, 6.07) is 6.52. The number of methoxy groups -OCH3 is 1. The topological polar surface area (TPSA) is 38.5 Å². The molecule has 102 valence electrons. The van der Waals surface area contributed by atoms with E-state index < -0.39 is 0 Å². The van der Waals surface area contributed by atoms with E-state index in [0.717, 1.165) is 36.2 Å². The number of hydrogen-bond acceptors (Lipinski definition) is 3. The lowest BCUT2D eigenvalue weighted by molar-refractivity contribution is 0.324. The van der Waals surface area contributed by atoms with Gasteiger partial charge in [-0.1, -0.05) is 6.07 Å². The molecule has 0 aliphatic rings. The Kier molecular flexibility index (Phi) is 6.68. The third-order valence-corrected chi connectivity index (χ3v) is 3.58. The zero-order chi connectivity index (χ0) is 13.5. The smallest absolute Gasteiger partial charge is 0.133 e. The predicted octanol–water partition coefficient (Wildman–Crippen LogP) is 2.67. The number of rotatable bonds is 7. The van der Waals surface area contributed by atoms with Gasteiger partial charge in [0.2, 0.25) is 0 Å². The minimum Gasteiger partial charge on any atom is -0.496 e. The lowest BCUT2D eigenvalue weighted by Crippen LogP contribution is -2.27. The Labute approximate surface area is 118 Å². The Morgan fingerprint density at radius 1 is 1.39 bits per heavy atom. The highest BCUT2D eigenvalue weighted by Gasteiger charge is 2.04. The average Bonchev–Trinajstić information content (AvgIpc) is 2.34. The molecule has 2 N–H and O–H groups in total. The quantitative estimate of drug-likeness (QED) is 0.841. The second-order valence-electron chi connectivity index (χ2n) is 4.79. The second kappa shape index (κ2) is 7.77. The molecular formula is C14H23BrN2O. The third-order valence-electron chi connectivity index (χ3n) is 2.96. The van der Waals surface area contributed by atoms with Crippen LogP contribution in [0.2, 0.25) is 0 Å². The molecule has 0 saturated heterocycles. The van der Waals surface area contributed by atoms with Crippen molar-refractivity contribution in [1.29, 1.82) is 0 Å². The number of likely N-dealkylation sites (N-methyl/N-ethyl adjacent to an activating group) is 1. The first-order valence-corrected chi connectivity index (χ1v) is 7.08. The van der Waals surface area contributed by atoms with Gasteiger partial charge in [0.15, 0.2) is 0 Å². The maximum absolute atomic E-state index is 5.75. The van der Waals surface area contributed by atoms with Crippen molar-refractivity contribution in [1.82, 2.24) is 4.90 Å². The Morgan fingerprint density at radius 3 is 2.67 bits per heavy atom. The Bertz CT molecular complexity index is 369. The van der Waals surface area contributed by atoms with Crippen molar-refractivity contribution in [3.05, 3.63) is 28.2 Å². The summed E-state index contributed by atoms with van der Waals surface area (Å²) in [4.78, 5) is 2.32. The van der Waals surface area contributed by atoms with Crippen LogP contribution in [0.15, 0.2) is 22.7 Å². The number of nitrogens with zero attached hydrogens (tertiary/aromatic N) is 1. The van der Waals surface area contributed by atoms with Crippen LogP contribution in [0.1, 0.15) is 18.9 Å². The van der Waals surface area contributed by atoms with Crippen molar-refractivity contribution in [2.75, 3.05) is 27.2 Å². The van der Waals surface area contributed by atoms with E-state index in [-0.39, 0.29) is 6.04 Å². The molecule has 0 aliphatic heterocycles. The summed E-state index contributed by atoms with van der Waals surface area (Å²) in [6.45, 7) is 4.15. The van der Waals surface area contributed by atoms with Crippen molar-refractivity contribution >= 4 is 15.9 Å². The highest BCUT2D eigenvalue weighted by Crippen LogP contribution is 2.25. The summed E-state index contributed by atoms with van der Waals surface area (Å²) in [6.07, 6.45) is 2.08. The summed E-state index contributed by atoms with van der Waals surface area (Å²) in [5, 5.41) is 0. The molecular weight excluding hydrogens is 292 g/mol. The van der Waals surface area contributed by atoms with E-state index in [0.29, 0.717) is 0 Å². The molecule has 1 rings (SSSR count). The summed E-state index contributed by atoms with van der Waals surface area (Å²) in [7, 11) is 3.82. The molecule has 0 heterocycles. The monoisotopic (exact) mass is 314 g/mol. The molecule has 0 saturated carbocycles. The molecule has 4 heteroatoms. The Morgan fingerprint density at radius 2 is 2.11 bits per heavy atom. The summed E-state index contributed by atoms with van der Waals surface area (Å²) >= 11 is 3.51. The van der Waals surface area contributed by atoms with E-state index in [1.165, 1.54) is 5.56 Å². The molecule has 0 bridgehead atoms. The number of benzene rings is 1. The molecule has 0 amide bonds. The average molecular weight is 315 g/mol. The zero-order valence-corrected chi connectivity index (χ0v) is 13.0. The summed E-state index contributed by atoms with van der Waals surface area (Å²) in [5.41, 5.74) is 7.07. The van der Waals surface area contributed by atoms with E-state index in [4.69, 9.17) is 10.5 Å². The fraction of sp³-hybridized carbons (Fsp3) is 0.571. The van der Waals surface area contributed by atoms with E-state index >= 15 is 0 Å². The first kappa shape index (κ1) is 15.5. The van der Waals surface area contributed by atoms with Crippen LogP contribution < -0.4 is 10.5 Å². The van der Waals surface area contributed by atoms with Gasteiger partial charge >= 0.3 is 0 Å². The van der Waals surface area contributed by atoms with Gasteiger partial charge in [-0.15, -0.1) is 0 Å². The van der Waals surface area contributed by atoms with Gasteiger partial charge in [0.1, 0.15) is 5.75 Å². The zero-order valence-electron chi connectivity index (χ0n) is 11.4.